The van der Waals surface area contributed by atoms with Crippen molar-refractivity contribution in [2.24, 2.45) is 5.73 Å². The van der Waals surface area contributed by atoms with Gasteiger partial charge in [0.2, 0.25) is 0 Å². The largest absolute Gasteiger partial charge is 0.341 e. The highest BCUT2D eigenvalue weighted by Gasteiger charge is 2.10. The molecular weight excluding hydrogens is 221 g/mol. The minimum Gasteiger partial charge on any atom is -0.341 e. The maximum absolute atomic E-state index is 5.99. The first-order chi connectivity index (χ1) is 6.59. The van der Waals surface area contributed by atoms with E-state index >= 15 is 0 Å². The van der Waals surface area contributed by atoms with Crippen LogP contribution in [0.4, 0.5) is 0 Å². The topological polar surface area (TPSA) is 54.7 Å². The van der Waals surface area contributed by atoms with E-state index in [2.05, 4.69) is 9.97 Å². The summed E-state index contributed by atoms with van der Waals surface area (Å²) in [5.74, 6) is 0.712. The lowest BCUT2D eigenvalue weighted by Gasteiger charge is -1.96. The average molecular weight is 230 g/mol. The van der Waals surface area contributed by atoms with Gasteiger partial charge in [-0.05, 0) is 19.1 Å². The van der Waals surface area contributed by atoms with Gasteiger partial charge in [0, 0.05) is 0 Å². The predicted octanol–water partition coefficient (Wildman–Crippen LogP) is 2.89. The summed E-state index contributed by atoms with van der Waals surface area (Å²) in [4.78, 5) is 7.36. The first kappa shape index (κ1) is 9.77. The summed E-state index contributed by atoms with van der Waals surface area (Å²) in [5.41, 5.74) is 7.22. The molecular formula is C9H9Cl2N3. The number of nitrogens with one attached hydrogen (secondary N) is 1. The van der Waals surface area contributed by atoms with E-state index in [9.17, 15) is 0 Å². The fourth-order valence-electron chi connectivity index (χ4n) is 1.25. The Hall–Kier alpha value is -0.770. The zero-order chi connectivity index (χ0) is 10.3. The molecule has 1 atom stereocenters. The molecule has 1 heterocycles. The van der Waals surface area contributed by atoms with E-state index in [0.29, 0.717) is 21.4 Å². The van der Waals surface area contributed by atoms with Crippen molar-refractivity contribution in [1.82, 2.24) is 9.97 Å². The van der Waals surface area contributed by atoms with Gasteiger partial charge in [0.1, 0.15) is 11.3 Å². The van der Waals surface area contributed by atoms with Gasteiger partial charge in [-0.3, -0.25) is 0 Å². The van der Waals surface area contributed by atoms with Crippen LogP contribution in [0.1, 0.15) is 18.8 Å². The van der Waals surface area contributed by atoms with Gasteiger partial charge in [0.15, 0.2) is 0 Å². The standard InChI is InChI=1S/C9H9Cl2N3/c1-4(12)9-13-6-3-2-5(10)7(11)8(6)14-9/h2-4H,12H2,1H3,(H,13,14)/t4-/m1/s1. The van der Waals surface area contributed by atoms with Crippen LogP contribution in [0, 0.1) is 0 Å². The molecule has 0 aliphatic heterocycles. The fraction of sp³-hybridized carbons (Fsp3) is 0.222. The molecule has 0 amide bonds. The summed E-state index contributed by atoms with van der Waals surface area (Å²) in [7, 11) is 0. The van der Waals surface area contributed by atoms with E-state index in [1.165, 1.54) is 0 Å². The Kier molecular flexibility index (Phi) is 2.39. The van der Waals surface area contributed by atoms with E-state index < -0.39 is 0 Å². The van der Waals surface area contributed by atoms with Crippen molar-refractivity contribution in [2.75, 3.05) is 0 Å². The molecule has 0 saturated heterocycles. The third kappa shape index (κ3) is 1.47. The molecule has 1 aromatic carbocycles. The van der Waals surface area contributed by atoms with Gasteiger partial charge in [0.25, 0.3) is 0 Å². The fourth-order valence-corrected chi connectivity index (χ4v) is 1.61. The van der Waals surface area contributed by atoms with Crippen molar-refractivity contribution in [3.05, 3.63) is 28.0 Å². The third-order valence-electron chi connectivity index (χ3n) is 2.00. The van der Waals surface area contributed by atoms with Gasteiger partial charge in [0.05, 0.1) is 21.6 Å². The first-order valence-corrected chi connectivity index (χ1v) is 4.94. The molecule has 5 heteroatoms. The van der Waals surface area contributed by atoms with E-state index in [4.69, 9.17) is 28.9 Å². The number of fused-ring (bicyclic) bond motifs is 1. The second-order valence-corrected chi connectivity index (χ2v) is 3.95. The average Bonchev–Trinajstić information content (AvgIpc) is 2.56. The molecule has 3 nitrogen and oxygen atoms in total. The zero-order valence-electron chi connectivity index (χ0n) is 7.51. The highest BCUT2D eigenvalue weighted by molar-refractivity contribution is 6.44. The Morgan fingerprint density at radius 2 is 2.14 bits per heavy atom. The quantitative estimate of drug-likeness (QED) is 0.791. The molecule has 2 aromatic rings. The normalized spacial score (nSPS) is 13.4. The van der Waals surface area contributed by atoms with Gasteiger partial charge in [-0.25, -0.2) is 4.98 Å². The van der Waals surface area contributed by atoms with Crippen molar-refractivity contribution >= 4 is 34.2 Å². The molecule has 0 unspecified atom stereocenters. The van der Waals surface area contributed by atoms with E-state index in [0.717, 1.165) is 5.52 Å². The van der Waals surface area contributed by atoms with Gasteiger partial charge in [-0.15, -0.1) is 0 Å². The van der Waals surface area contributed by atoms with Crippen molar-refractivity contribution in [3.8, 4) is 0 Å². The Bertz CT molecular complexity index is 476. The molecule has 2 rings (SSSR count). The summed E-state index contributed by atoms with van der Waals surface area (Å²) >= 11 is 11.8. The number of aromatic nitrogens is 2. The van der Waals surface area contributed by atoms with Gasteiger partial charge >= 0.3 is 0 Å². The molecule has 1 aromatic heterocycles. The lowest BCUT2D eigenvalue weighted by molar-refractivity contribution is 0.760. The van der Waals surface area contributed by atoms with Crippen LogP contribution in [-0.4, -0.2) is 9.97 Å². The molecule has 0 radical (unpaired) electrons. The number of halogens is 2. The zero-order valence-corrected chi connectivity index (χ0v) is 9.02. The number of hydrogen-bond donors (Lipinski definition) is 2. The van der Waals surface area contributed by atoms with E-state index in [-0.39, 0.29) is 6.04 Å². The van der Waals surface area contributed by atoms with Crippen molar-refractivity contribution < 1.29 is 0 Å². The van der Waals surface area contributed by atoms with Crippen LogP contribution in [0.5, 0.6) is 0 Å². The molecule has 0 fully saturated rings. The highest BCUT2D eigenvalue weighted by atomic mass is 35.5. The number of nitrogens with two attached hydrogens (primary N) is 1. The van der Waals surface area contributed by atoms with Crippen molar-refractivity contribution in [1.29, 1.82) is 0 Å². The molecule has 3 N–H and O–H groups in total. The van der Waals surface area contributed by atoms with Crippen LogP contribution < -0.4 is 5.73 Å². The van der Waals surface area contributed by atoms with Crippen LogP contribution in [0.15, 0.2) is 12.1 Å². The van der Waals surface area contributed by atoms with Crippen molar-refractivity contribution in [2.45, 2.75) is 13.0 Å². The van der Waals surface area contributed by atoms with Crippen LogP contribution in [-0.2, 0) is 0 Å². The van der Waals surface area contributed by atoms with Crippen LogP contribution in [0.25, 0.3) is 11.0 Å². The molecule has 0 aliphatic carbocycles. The number of hydrogen-bond acceptors (Lipinski definition) is 2. The lowest BCUT2D eigenvalue weighted by atomic mass is 10.3. The van der Waals surface area contributed by atoms with Gasteiger partial charge < -0.3 is 10.7 Å². The van der Waals surface area contributed by atoms with Gasteiger partial charge in [-0.1, -0.05) is 23.2 Å². The maximum atomic E-state index is 5.99. The maximum Gasteiger partial charge on any atom is 0.124 e. The minimum atomic E-state index is -0.141. The predicted molar refractivity (Wildman–Crippen MR) is 58.7 cm³/mol. The van der Waals surface area contributed by atoms with E-state index in [1.54, 1.807) is 6.07 Å². The third-order valence-corrected chi connectivity index (χ3v) is 2.79. The number of nitrogens with zero attached hydrogens (tertiary/aromatic N) is 1. The Morgan fingerprint density at radius 3 is 2.79 bits per heavy atom. The molecule has 0 aliphatic rings. The molecule has 0 saturated carbocycles. The summed E-state index contributed by atoms with van der Waals surface area (Å²) in [6.45, 7) is 1.85. The minimum absolute atomic E-state index is 0.141. The smallest absolute Gasteiger partial charge is 0.124 e. The summed E-state index contributed by atoms with van der Waals surface area (Å²) in [5, 5.41) is 0.967. The lowest BCUT2D eigenvalue weighted by Crippen LogP contribution is -2.06. The summed E-state index contributed by atoms with van der Waals surface area (Å²) < 4.78 is 0. The molecule has 74 valence electrons. The SMILES string of the molecule is C[C@@H](N)c1nc2c(Cl)c(Cl)ccc2[nH]1. The van der Waals surface area contributed by atoms with Crippen LogP contribution in [0.2, 0.25) is 10.0 Å². The highest BCUT2D eigenvalue weighted by Crippen LogP contribution is 2.29. The van der Waals surface area contributed by atoms with Crippen LogP contribution in [0.3, 0.4) is 0 Å². The number of imidazole rings is 1. The Balaban J connectivity index is 2.71. The molecule has 14 heavy (non-hydrogen) atoms. The second-order valence-electron chi connectivity index (χ2n) is 3.17. The number of aromatic amines is 1. The first-order valence-electron chi connectivity index (χ1n) is 4.19. The Labute approximate surface area is 91.2 Å². The summed E-state index contributed by atoms with van der Waals surface area (Å²) in [6.07, 6.45) is 0. The van der Waals surface area contributed by atoms with Gasteiger partial charge in [-0.2, -0.15) is 0 Å². The molecule has 0 spiro atoms. The molecule has 0 bridgehead atoms. The van der Waals surface area contributed by atoms with E-state index in [1.807, 2.05) is 13.0 Å². The number of H-pyrrole nitrogens is 1. The number of benzene rings is 1. The summed E-state index contributed by atoms with van der Waals surface area (Å²) in [6, 6.07) is 3.43. The second kappa shape index (κ2) is 3.42. The van der Waals surface area contributed by atoms with Crippen LogP contribution >= 0.6 is 23.2 Å². The monoisotopic (exact) mass is 229 g/mol. The Morgan fingerprint density at radius 1 is 1.43 bits per heavy atom. The number of rotatable bonds is 1. The van der Waals surface area contributed by atoms with Crippen molar-refractivity contribution in [3.63, 3.8) is 0 Å².